The minimum Gasteiger partial charge on any atom is -0.338 e. The second-order valence-electron chi connectivity index (χ2n) is 3.86. The lowest BCUT2D eigenvalue weighted by molar-refractivity contribution is -0.144. The van der Waals surface area contributed by atoms with Gasteiger partial charge < -0.3 is 4.90 Å². The van der Waals surface area contributed by atoms with Gasteiger partial charge in [-0.3, -0.25) is 4.79 Å². The molecule has 14 heavy (non-hydrogen) atoms. The van der Waals surface area contributed by atoms with E-state index < -0.39 is 12.3 Å². The number of piperidine rings is 1. The van der Waals surface area contributed by atoms with Crippen molar-refractivity contribution in [1.82, 2.24) is 4.90 Å². The third-order valence-corrected chi connectivity index (χ3v) is 2.81. The van der Waals surface area contributed by atoms with Crippen LogP contribution in [0, 0.1) is 5.92 Å². The average Bonchev–Trinajstić information content (AvgIpc) is 2.18. The first kappa shape index (κ1) is 11.4. The quantitative estimate of drug-likeness (QED) is 0.692. The zero-order valence-corrected chi connectivity index (χ0v) is 8.51. The van der Waals surface area contributed by atoms with E-state index in [1.54, 1.807) is 0 Å². The van der Waals surface area contributed by atoms with Crippen LogP contribution in [-0.2, 0) is 4.79 Å². The Morgan fingerprint density at radius 3 is 2.43 bits per heavy atom. The molecule has 0 radical (unpaired) electrons. The van der Waals surface area contributed by atoms with Crippen molar-refractivity contribution in [2.45, 2.75) is 39.0 Å². The fourth-order valence-electron chi connectivity index (χ4n) is 1.99. The summed E-state index contributed by atoms with van der Waals surface area (Å²) >= 11 is 0. The molecule has 1 amide bonds. The average molecular weight is 205 g/mol. The molecular formula is C10H17F2NO. The number of likely N-dealkylation sites (tertiary alicyclic amines) is 1. The molecule has 1 fully saturated rings. The number of carbonyl (C=O) groups is 1. The third-order valence-electron chi connectivity index (χ3n) is 2.81. The smallest absolute Gasteiger partial charge is 0.315 e. The van der Waals surface area contributed by atoms with Crippen LogP contribution in [0.5, 0.6) is 0 Å². The summed E-state index contributed by atoms with van der Waals surface area (Å²) in [5.41, 5.74) is 0. The Bertz CT molecular complexity index is 189. The molecule has 0 aliphatic carbocycles. The van der Waals surface area contributed by atoms with Crippen molar-refractivity contribution in [3.8, 4) is 0 Å². The van der Waals surface area contributed by atoms with Crippen molar-refractivity contribution in [2.24, 2.45) is 5.92 Å². The van der Waals surface area contributed by atoms with E-state index in [2.05, 4.69) is 6.92 Å². The molecule has 1 aliphatic heterocycles. The molecule has 1 heterocycles. The predicted molar refractivity (Wildman–Crippen MR) is 50.2 cm³/mol. The van der Waals surface area contributed by atoms with Gasteiger partial charge in [-0.1, -0.05) is 19.8 Å². The van der Waals surface area contributed by atoms with Gasteiger partial charge in [-0.15, -0.1) is 0 Å². The molecule has 0 spiro atoms. The minimum atomic E-state index is -2.84. The standard InChI is InChI=1S/C10H17F2NO/c1-2-3-8-4-6-13(7-5-8)10(14)9(11)12/h8-9H,2-7H2,1H3. The van der Waals surface area contributed by atoms with E-state index in [1.165, 1.54) is 4.90 Å². The van der Waals surface area contributed by atoms with Crippen LogP contribution in [0.1, 0.15) is 32.6 Å². The second-order valence-corrected chi connectivity index (χ2v) is 3.86. The summed E-state index contributed by atoms with van der Waals surface area (Å²) in [5.74, 6) is -0.373. The highest BCUT2D eigenvalue weighted by Crippen LogP contribution is 2.22. The maximum absolute atomic E-state index is 12.1. The molecular weight excluding hydrogens is 188 g/mol. The highest BCUT2D eigenvalue weighted by molar-refractivity contribution is 5.79. The molecule has 1 rings (SSSR count). The molecule has 0 atom stereocenters. The number of halogens is 2. The van der Waals surface area contributed by atoms with Crippen LogP contribution in [0.15, 0.2) is 0 Å². The normalized spacial score (nSPS) is 19.0. The molecule has 0 aromatic rings. The summed E-state index contributed by atoms with van der Waals surface area (Å²) in [5, 5.41) is 0. The summed E-state index contributed by atoms with van der Waals surface area (Å²) in [6.45, 7) is 3.14. The monoisotopic (exact) mass is 205 g/mol. The SMILES string of the molecule is CCCC1CCN(C(=O)C(F)F)CC1. The minimum absolute atomic E-state index is 0.508. The van der Waals surface area contributed by atoms with E-state index in [0.29, 0.717) is 19.0 Å². The predicted octanol–water partition coefficient (Wildman–Crippen LogP) is 2.29. The van der Waals surface area contributed by atoms with E-state index in [0.717, 1.165) is 25.7 Å². The van der Waals surface area contributed by atoms with Crippen molar-refractivity contribution in [2.75, 3.05) is 13.1 Å². The zero-order valence-electron chi connectivity index (χ0n) is 8.51. The van der Waals surface area contributed by atoms with Gasteiger partial charge in [0.2, 0.25) is 0 Å². The number of amides is 1. The van der Waals surface area contributed by atoms with Gasteiger partial charge >= 0.3 is 6.43 Å². The Balaban J connectivity index is 2.32. The van der Waals surface area contributed by atoms with Crippen molar-refractivity contribution in [3.63, 3.8) is 0 Å². The van der Waals surface area contributed by atoms with E-state index in [1.807, 2.05) is 0 Å². The summed E-state index contributed by atoms with van der Waals surface area (Å²) < 4.78 is 24.1. The molecule has 1 aliphatic rings. The molecule has 0 unspecified atom stereocenters. The molecule has 0 N–H and O–H groups in total. The van der Waals surface area contributed by atoms with Gasteiger partial charge in [0.1, 0.15) is 0 Å². The lowest BCUT2D eigenvalue weighted by Crippen LogP contribution is -2.41. The first-order valence-corrected chi connectivity index (χ1v) is 5.22. The van der Waals surface area contributed by atoms with E-state index in [-0.39, 0.29) is 0 Å². The van der Waals surface area contributed by atoms with Gasteiger partial charge in [0.25, 0.3) is 5.91 Å². The van der Waals surface area contributed by atoms with Gasteiger partial charge in [-0.2, -0.15) is 8.78 Å². The molecule has 2 nitrogen and oxygen atoms in total. The Hall–Kier alpha value is -0.670. The number of carbonyl (C=O) groups excluding carboxylic acids is 1. The first-order valence-electron chi connectivity index (χ1n) is 5.22. The summed E-state index contributed by atoms with van der Waals surface area (Å²) in [4.78, 5) is 12.2. The van der Waals surface area contributed by atoms with Crippen LogP contribution >= 0.6 is 0 Å². The van der Waals surface area contributed by atoms with Gasteiger partial charge in [-0.25, -0.2) is 0 Å². The van der Waals surface area contributed by atoms with Crippen LogP contribution in [0.25, 0.3) is 0 Å². The fraction of sp³-hybridized carbons (Fsp3) is 0.900. The van der Waals surface area contributed by atoms with Crippen molar-refractivity contribution < 1.29 is 13.6 Å². The van der Waals surface area contributed by atoms with Gasteiger partial charge in [-0.05, 0) is 18.8 Å². The molecule has 1 saturated heterocycles. The number of rotatable bonds is 3. The van der Waals surface area contributed by atoms with Crippen molar-refractivity contribution in [3.05, 3.63) is 0 Å². The number of alkyl halides is 2. The molecule has 82 valence electrons. The largest absolute Gasteiger partial charge is 0.338 e. The Morgan fingerprint density at radius 1 is 1.43 bits per heavy atom. The molecule has 0 aromatic carbocycles. The maximum atomic E-state index is 12.1. The van der Waals surface area contributed by atoms with E-state index in [9.17, 15) is 13.6 Å². The van der Waals surface area contributed by atoms with Crippen LogP contribution in [-0.4, -0.2) is 30.3 Å². The molecule has 4 heteroatoms. The lowest BCUT2D eigenvalue weighted by atomic mass is 9.92. The molecule has 0 saturated carbocycles. The second kappa shape index (κ2) is 5.27. The van der Waals surface area contributed by atoms with Crippen LogP contribution in [0.2, 0.25) is 0 Å². The number of hydrogen-bond donors (Lipinski definition) is 0. The van der Waals surface area contributed by atoms with E-state index in [4.69, 9.17) is 0 Å². The van der Waals surface area contributed by atoms with E-state index >= 15 is 0 Å². The first-order chi connectivity index (χ1) is 6.65. The van der Waals surface area contributed by atoms with Crippen molar-refractivity contribution in [1.29, 1.82) is 0 Å². The van der Waals surface area contributed by atoms with Gasteiger partial charge in [0.15, 0.2) is 0 Å². The summed E-state index contributed by atoms with van der Waals surface area (Å²) in [7, 11) is 0. The summed E-state index contributed by atoms with van der Waals surface area (Å²) in [6.07, 6.45) is 1.21. The maximum Gasteiger partial charge on any atom is 0.315 e. The molecule has 0 aromatic heterocycles. The Labute approximate surface area is 83.3 Å². The Morgan fingerprint density at radius 2 is 2.00 bits per heavy atom. The summed E-state index contributed by atoms with van der Waals surface area (Å²) in [6, 6.07) is 0. The van der Waals surface area contributed by atoms with Gasteiger partial charge in [0, 0.05) is 13.1 Å². The van der Waals surface area contributed by atoms with Crippen LogP contribution in [0.4, 0.5) is 8.78 Å². The van der Waals surface area contributed by atoms with Gasteiger partial charge in [0.05, 0.1) is 0 Å². The van der Waals surface area contributed by atoms with Crippen LogP contribution < -0.4 is 0 Å². The highest BCUT2D eigenvalue weighted by atomic mass is 19.3. The lowest BCUT2D eigenvalue weighted by Gasteiger charge is -2.31. The third kappa shape index (κ3) is 2.93. The molecule has 0 bridgehead atoms. The number of nitrogens with zero attached hydrogens (tertiary/aromatic N) is 1. The zero-order chi connectivity index (χ0) is 10.6. The highest BCUT2D eigenvalue weighted by Gasteiger charge is 2.27. The topological polar surface area (TPSA) is 20.3 Å². The van der Waals surface area contributed by atoms with Crippen LogP contribution in [0.3, 0.4) is 0 Å². The fourth-order valence-corrected chi connectivity index (χ4v) is 1.99. The number of hydrogen-bond acceptors (Lipinski definition) is 1. The Kier molecular flexibility index (Phi) is 4.29. The van der Waals surface area contributed by atoms with Crippen molar-refractivity contribution >= 4 is 5.91 Å².